The Morgan fingerprint density at radius 1 is 1.00 bits per heavy atom. The molecule has 6 aliphatic rings. The van der Waals surface area contributed by atoms with Gasteiger partial charge in [-0.1, -0.05) is 32.9 Å². The molecule has 0 aromatic rings. The highest BCUT2D eigenvalue weighted by Gasteiger charge is 2.69. The molecule has 12 atom stereocenters. The van der Waals surface area contributed by atoms with Crippen molar-refractivity contribution in [2.45, 2.75) is 103 Å². The van der Waals surface area contributed by atoms with Crippen LogP contribution in [0.25, 0.3) is 0 Å². The SMILES string of the molecule is C=C1CC[C@@]2(OC1)O[C@H]1C[C@H]3[C@@H]4CC[C@H]5C[C@H](O)C[C@@H](O)[C@]5(C)[C@H]4CC[C@]3(C)[C@H]1[C@@H]2C. The lowest BCUT2D eigenvalue weighted by Crippen LogP contribution is -2.59. The molecule has 4 nitrogen and oxygen atoms in total. The van der Waals surface area contributed by atoms with E-state index in [-0.39, 0.29) is 23.4 Å². The standard InChI is InChI=1S/C27H42O4/c1-15-7-10-27(30-14-15)16(2)24-22(31-27)13-21-19-6-5-17-11-18(28)12-23(29)26(17,4)20(19)8-9-25(21,24)3/h16-24,28-29H,1,5-14H2,2-4H3/t16-,17-,18-,19+,20-,21-,22-,23+,24-,25-,26-,27+/m0/s1. The highest BCUT2D eigenvalue weighted by Crippen LogP contribution is 2.71. The predicted molar refractivity (Wildman–Crippen MR) is 119 cm³/mol. The number of ether oxygens (including phenoxy) is 2. The van der Waals surface area contributed by atoms with Crippen LogP contribution in [0.5, 0.6) is 0 Å². The highest BCUT2D eigenvalue weighted by molar-refractivity contribution is 5.17. The van der Waals surface area contributed by atoms with E-state index in [0.717, 1.165) is 25.7 Å². The number of hydrogen-bond donors (Lipinski definition) is 2. The van der Waals surface area contributed by atoms with Crippen molar-refractivity contribution in [2.24, 2.45) is 46.3 Å². The van der Waals surface area contributed by atoms with Gasteiger partial charge in [-0.25, -0.2) is 0 Å². The first-order valence-corrected chi connectivity index (χ1v) is 13.0. The van der Waals surface area contributed by atoms with Gasteiger partial charge in [0, 0.05) is 12.3 Å². The summed E-state index contributed by atoms with van der Waals surface area (Å²) in [5, 5.41) is 21.5. The van der Waals surface area contributed by atoms with Gasteiger partial charge in [-0.05, 0) is 91.8 Å². The average molecular weight is 431 g/mol. The van der Waals surface area contributed by atoms with Crippen LogP contribution in [0.15, 0.2) is 12.2 Å². The van der Waals surface area contributed by atoms with E-state index >= 15 is 0 Å². The van der Waals surface area contributed by atoms with Gasteiger partial charge in [-0.3, -0.25) is 0 Å². The maximum absolute atomic E-state index is 11.2. The maximum atomic E-state index is 11.2. The van der Waals surface area contributed by atoms with Crippen LogP contribution in [0.2, 0.25) is 0 Å². The Balaban J connectivity index is 1.28. The molecule has 2 aliphatic heterocycles. The van der Waals surface area contributed by atoms with Gasteiger partial charge in [0.25, 0.3) is 0 Å². The number of aliphatic hydroxyl groups excluding tert-OH is 2. The normalized spacial score (nSPS) is 60.9. The molecule has 4 heteroatoms. The van der Waals surface area contributed by atoms with Crippen LogP contribution >= 0.6 is 0 Å². The van der Waals surface area contributed by atoms with E-state index in [0.29, 0.717) is 60.1 Å². The van der Waals surface area contributed by atoms with Crippen LogP contribution in [0.3, 0.4) is 0 Å². The van der Waals surface area contributed by atoms with Crippen LogP contribution < -0.4 is 0 Å². The molecule has 0 aromatic carbocycles. The quantitative estimate of drug-likeness (QED) is 0.548. The fourth-order valence-electron chi connectivity index (χ4n) is 10.1. The van der Waals surface area contributed by atoms with Crippen molar-refractivity contribution < 1.29 is 19.7 Å². The Kier molecular flexibility index (Phi) is 4.64. The van der Waals surface area contributed by atoms with Gasteiger partial charge in [-0.2, -0.15) is 0 Å². The van der Waals surface area contributed by atoms with Crippen LogP contribution in [0.1, 0.15) is 78.6 Å². The predicted octanol–water partition coefficient (Wildman–Crippen LogP) is 4.68. The second kappa shape index (κ2) is 6.81. The van der Waals surface area contributed by atoms with Gasteiger partial charge < -0.3 is 19.7 Å². The van der Waals surface area contributed by atoms with E-state index in [2.05, 4.69) is 27.4 Å². The molecule has 0 unspecified atom stereocenters. The maximum Gasteiger partial charge on any atom is 0.172 e. The zero-order chi connectivity index (χ0) is 21.8. The third-order valence-electron chi connectivity index (χ3n) is 11.8. The van der Waals surface area contributed by atoms with Gasteiger partial charge in [0.05, 0.1) is 24.9 Å². The van der Waals surface area contributed by atoms with E-state index < -0.39 is 0 Å². The van der Waals surface area contributed by atoms with Gasteiger partial charge in [0.2, 0.25) is 0 Å². The van der Waals surface area contributed by atoms with E-state index in [4.69, 9.17) is 9.47 Å². The van der Waals surface area contributed by atoms with Crippen LogP contribution in [-0.4, -0.2) is 40.9 Å². The minimum atomic E-state index is -0.388. The van der Waals surface area contributed by atoms with Crippen LogP contribution in [0, 0.1) is 46.3 Å². The monoisotopic (exact) mass is 430 g/mol. The second-order valence-corrected chi connectivity index (χ2v) is 12.8. The molecule has 2 N–H and O–H groups in total. The third kappa shape index (κ3) is 2.68. The third-order valence-corrected chi connectivity index (χ3v) is 11.8. The molecule has 0 radical (unpaired) electrons. The summed E-state index contributed by atoms with van der Waals surface area (Å²) in [4.78, 5) is 0. The van der Waals surface area contributed by atoms with Crippen molar-refractivity contribution in [1.29, 1.82) is 0 Å². The Bertz CT molecular complexity index is 754. The van der Waals surface area contributed by atoms with Crippen LogP contribution in [0.4, 0.5) is 0 Å². The summed E-state index contributed by atoms with van der Waals surface area (Å²) in [6.07, 6.45) is 9.13. The zero-order valence-corrected chi connectivity index (χ0v) is 19.7. The Morgan fingerprint density at radius 2 is 1.81 bits per heavy atom. The summed E-state index contributed by atoms with van der Waals surface area (Å²) in [5.41, 5.74) is 1.49. The minimum Gasteiger partial charge on any atom is -0.393 e. The molecule has 0 bridgehead atoms. The molecular formula is C27H42O4. The summed E-state index contributed by atoms with van der Waals surface area (Å²) in [6.45, 7) is 12.1. The topological polar surface area (TPSA) is 58.9 Å². The van der Waals surface area contributed by atoms with E-state index in [1.807, 2.05) is 0 Å². The Morgan fingerprint density at radius 3 is 2.55 bits per heavy atom. The minimum absolute atomic E-state index is 0.0261. The second-order valence-electron chi connectivity index (χ2n) is 12.8. The Labute approximate surface area is 187 Å². The first kappa shape index (κ1) is 21.1. The zero-order valence-electron chi connectivity index (χ0n) is 19.7. The smallest absolute Gasteiger partial charge is 0.172 e. The van der Waals surface area contributed by atoms with Crippen molar-refractivity contribution in [1.82, 2.24) is 0 Å². The molecule has 4 saturated carbocycles. The lowest BCUT2D eigenvalue weighted by Gasteiger charge is -2.62. The van der Waals surface area contributed by atoms with Crippen molar-refractivity contribution in [3.63, 3.8) is 0 Å². The van der Waals surface area contributed by atoms with Gasteiger partial charge in [0.1, 0.15) is 0 Å². The summed E-state index contributed by atoms with van der Waals surface area (Å²) < 4.78 is 13.2. The molecule has 31 heavy (non-hydrogen) atoms. The van der Waals surface area contributed by atoms with E-state index in [1.165, 1.54) is 31.3 Å². The van der Waals surface area contributed by atoms with Crippen molar-refractivity contribution in [2.75, 3.05) is 6.61 Å². The number of rotatable bonds is 0. The fourth-order valence-corrected chi connectivity index (χ4v) is 10.1. The summed E-state index contributed by atoms with van der Waals surface area (Å²) in [7, 11) is 0. The number of fused-ring (bicyclic) bond motifs is 7. The molecule has 6 rings (SSSR count). The molecule has 0 aromatic heterocycles. The van der Waals surface area contributed by atoms with Crippen molar-refractivity contribution >= 4 is 0 Å². The molecule has 2 saturated heterocycles. The van der Waals surface area contributed by atoms with Gasteiger partial charge >= 0.3 is 0 Å². The molecular weight excluding hydrogens is 388 g/mol. The Hall–Kier alpha value is -0.420. The van der Waals surface area contributed by atoms with E-state index in [9.17, 15) is 10.2 Å². The van der Waals surface area contributed by atoms with Crippen LogP contribution in [-0.2, 0) is 9.47 Å². The number of aliphatic hydroxyl groups is 2. The molecule has 1 spiro atoms. The molecule has 4 aliphatic carbocycles. The fraction of sp³-hybridized carbons (Fsp3) is 0.926. The van der Waals surface area contributed by atoms with Crippen molar-refractivity contribution in [3.05, 3.63) is 12.2 Å². The van der Waals surface area contributed by atoms with Gasteiger partial charge in [-0.15, -0.1) is 0 Å². The summed E-state index contributed by atoms with van der Waals surface area (Å²) in [5.74, 6) is 3.06. The lowest BCUT2D eigenvalue weighted by molar-refractivity contribution is -0.257. The van der Waals surface area contributed by atoms with Crippen molar-refractivity contribution in [3.8, 4) is 0 Å². The molecule has 2 heterocycles. The highest BCUT2D eigenvalue weighted by atomic mass is 16.7. The van der Waals surface area contributed by atoms with E-state index in [1.54, 1.807) is 0 Å². The molecule has 6 fully saturated rings. The first-order valence-electron chi connectivity index (χ1n) is 13.0. The molecule has 174 valence electrons. The summed E-state index contributed by atoms with van der Waals surface area (Å²) >= 11 is 0. The largest absolute Gasteiger partial charge is 0.393 e. The average Bonchev–Trinajstić information content (AvgIpc) is 3.16. The lowest BCUT2D eigenvalue weighted by atomic mass is 9.43. The number of hydrogen-bond acceptors (Lipinski definition) is 4. The molecule has 0 amide bonds. The van der Waals surface area contributed by atoms with Gasteiger partial charge in [0.15, 0.2) is 5.79 Å². The first-order chi connectivity index (χ1) is 14.7. The summed E-state index contributed by atoms with van der Waals surface area (Å²) in [6, 6.07) is 0.